The molecular weight excluding hydrogens is 243 g/mol. The van der Waals surface area contributed by atoms with Gasteiger partial charge in [0, 0.05) is 0 Å². The Labute approximate surface area is 109 Å². The summed E-state index contributed by atoms with van der Waals surface area (Å²) in [5.74, 6) is 0. The molecule has 0 heterocycles. The molecule has 0 bridgehead atoms. The molecule has 94 valence electrons. The van der Waals surface area contributed by atoms with Crippen LogP contribution in [0, 0.1) is 0 Å². The fraction of sp³-hybridized carbons (Fsp3) is 0.200. The fourth-order valence-electron chi connectivity index (χ4n) is 1.88. The Kier molecular flexibility index (Phi) is 4.48. The molecular formula is C15H17O2P. The van der Waals surface area contributed by atoms with E-state index < -0.39 is 7.92 Å². The van der Waals surface area contributed by atoms with Crippen LogP contribution >= 0.6 is 7.92 Å². The second-order valence-corrected chi connectivity index (χ2v) is 6.37. The number of hydrogen-bond acceptors (Lipinski definition) is 2. The molecule has 2 nitrogen and oxygen atoms in total. The number of hydrogen-bond donors (Lipinski definition) is 2. The van der Waals surface area contributed by atoms with E-state index in [0.29, 0.717) is 0 Å². The number of aliphatic hydroxyl groups excluding tert-OH is 2. The summed E-state index contributed by atoms with van der Waals surface area (Å²) in [6.45, 7) is 2.35. The summed E-state index contributed by atoms with van der Waals surface area (Å²) in [6, 6.07) is 16.1. The van der Waals surface area contributed by atoms with Crippen LogP contribution in [0.15, 0.2) is 48.5 Å². The molecule has 0 saturated heterocycles. The van der Waals surface area contributed by atoms with Gasteiger partial charge in [-0.1, -0.05) is 36.4 Å². The quantitative estimate of drug-likeness (QED) is 0.822. The second-order valence-electron chi connectivity index (χ2n) is 4.22. The van der Waals surface area contributed by atoms with E-state index in [1.54, 1.807) is 0 Å². The molecule has 2 N–H and O–H groups in total. The van der Waals surface area contributed by atoms with E-state index >= 15 is 0 Å². The van der Waals surface area contributed by atoms with Gasteiger partial charge >= 0.3 is 0 Å². The van der Waals surface area contributed by atoms with Gasteiger partial charge in [-0.05, 0) is 48.5 Å². The van der Waals surface area contributed by atoms with Gasteiger partial charge in [0.25, 0.3) is 0 Å². The molecule has 0 fully saturated rings. The molecule has 2 rings (SSSR count). The highest BCUT2D eigenvalue weighted by Crippen LogP contribution is 2.29. The van der Waals surface area contributed by atoms with Crippen LogP contribution in [-0.4, -0.2) is 16.9 Å². The Bertz CT molecular complexity index is 478. The summed E-state index contributed by atoms with van der Waals surface area (Å²) in [5.41, 5.74) is 1.89. The Hall–Kier alpha value is -1.21. The third-order valence-electron chi connectivity index (χ3n) is 2.96. The van der Waals surface area contributed by atoms with Crippen molar-refractivity contribution in [2.45, 2.75) is 13.2 Å². The lowest BCUT2D eigenvalue weighted by Gasteiger charge is -2.14. The lowest BCUT2D eigenvalue weighted by Crippen LogP contribution is -2.12. The third-order valence-corrected chi connectivity index (χ3v) is 5.07. The summed E-state index contributed by atoms with van der Waals surface area (Å²) < 4.78 is 0. The van der Waals surface area contributed by atoms with E-state index in [0.717, 1.165) is 11.1 Å². The highest BCUT2D eigenvalue weighted by molar-refractivity contribution is 7.72. The molecule has 0 unspecified atom stereocenters. The molecule has 0 aliphatic rings. The summed E-state index contributed by atoms with van der Waals surface area (Å²) in [5, 5.41) is 20.8. The van der Waals surface area contributed by atoms with Crippen LogP contribution < -0.4 is 10.6 Å². The molecule has 3 heteroatoms. The van der Waals surface area contributed by atoms with Gasteiger partial charge in [-0.2, -0.15) is 0 Å². The Morgan fingerprint density at radius 3 is 1.67 bits per heavy atom. The van der Waals surface area contributed by atoms with Crippen LogP contribution in [-0.2, 0) is 13.2 Å². The first-order valence-corrected chi connectivity index (χ1v) is 7.67. The van der Waals surface area contributed by atoms with Crippen molar-refractivity contribution in [3.05, 3.63) is 59.7 Å². The topological polar surface area (TPSA) is 40.5 Å². The number of aliphatic hydroxyl groups is 2. The minimum Gasteiger partial charge on any atom is -0.392 e. The average molecular weight is 260 g/mol. The standard InChI is InChI=1S/C15H17O2P/c1-18(14-6-2-4-12(8-14)10-16)15-7-3-5-13(9-15)11-17/h2-9,16-17H,10-11H2,1H3. The first kappa shape index (κ1) is 13.2. The van der Waals surface area contributed by atoms with Crippen LogP contribution in [0.5, 0.6) is 0 Å². The second kappa shape index (κ2) is 6.10. The zero-order chi connectivity index (χ0) is 13.0. The number of rotatable bonds is 4. The molecule has 2 aromatic rings. The highest BCUT2D eigenvalue weighted by atomic mass is 31.1. The SMILES string of the molecule is CP(c1cccc(CO)c1)c1cccc(CO)c1. The van der Waals surface area contributed by atoms with Crippen LogP contribution in [0.25, 0.3) is 0 Å². The van der Waals surface area contributed by atoms with E-state index in [1.807, 2.05) is 24.3 Å². The van der Waals surface area contributed by atoms with Crippen molar-refractivity contribution in [2.75, 3.05) is 6.66 Å². The van der Waals surface area contributed by atoms with Gasteiger partial charge in [0.1, 0.15) is 0 Å². The fourth-order valence-corrected chi connectivity index (χ4v) is 3.51. The monoisotopic (exact) mass is 260 g/mol. The maximum atomic E-state index is 9.17. The van der Waals surface area contributed by atoms with Crippen molar-refractivity contribution in [2.24, 2.45) is 0 Å². The van der Waals surface area contributed by atoms with E-state index in [1.165, 1.54) is 10.6 Å². The van der Waals surface area contributed by atoms with Crippen molar-refractivity contribution in [1.29, 1.82) is 0 Å². The molecule has 0 radical (unpaired) electrons. The molecule has 18 heavy (non-hydrogen) atoms. The molecule has 0 amide bonds. The molecule has 2 aromatic carbocycles. The maximum absolute atomic E-state index is 9.17. The molecule has 0 aliphatic heterocycles. The lowest BCUT2D eigenvalue weighted by molar-refractivity contribution is 0.281. The molecule has 0 saturated carbocycles. The van der Waals surface area contributed by atoms with Crippen molar-refractivity contribution in [3.63, 3.8) is 0 Å². The first-order valence-electron chi connectivity index (χ1n) is 5.88. The van der Waals surface area contributed by atoms with Gasteiger partial charge in [0.05, 0.1) is 13.2 Å². The van der Waals surface area contributed by atoms with E-state index in [9.17, 15) is 10.2 Å². The van der Waals surface area contributed by atoms with Crippen molar-refractivity contribution in [3.8, 4) is 0 Å². The Morgan fingerprint density at radius 2 is 1.28 bits per heavy atom. The maximum Gasteiger partial charge on any atom is 0.0682 e. The zero-order valence-electron chi connectivity index (χ0n) is 10.4. The van der Waals surface area contributed by atoms with Gasteiger partial charge in [0.15, 0.2) is 0 Å². The zero-order valence-corrected chi connectivity index (χ0v) is 11.3. The van der Waals surface area contributed by atoms with Gasteiger partial charge in [0.2, 0.25) is 0 Å². The van der Waals surface area contributed by atoms with E-state index in [4.69, 9.17) is 0 Å². The summed E-state index contributed by atoms with van der Waals surface area (Å²) in [7, 11) is -0.437. The predicted octanol–water partition coefficient (Wildman–Crippen LogP) is 1.73. The smallest absolute Gasteiger partial charge is 0.0682 e. The summed E-state index contributed by atoms with van der Waals surface area (Å²) >= 11 is 0. The lowest BCUT2D eigenvalue weighted by atomic mass is 10.2. The van der Waals surface area contributed by atoms with E-state index in [-0.39, 0.29) is 13.2 Å². The van der Waals surface area contributed by atoms with Crippen LogP contribution in [0.1, 0.15) is 11.1 Å². The average Bonchev–Trinajstić information content (AvgIpc) is 2.46. The Balaban J connectivity index is 2.31. The minimum absolute atomic E-state index is 0.0771. The molecule has 0 aliphatic carbocycles. The van der Waals surface area contributed by atoms with Crippen molar-refractivity contribution >= 4 is 18.5 Å². The van der Waals surface area contributed by atoms with Crippen LogP contribution in [0.3, 0.4) is 0 Å². The summed E-state index contributed by atoms with van der Waals surface area (Å²) in [6.07, 6.45) is 0. The summed E-state index contributed by atoms with van der Waals surface area (Å²) in [4.78, 5) is 0. The van der Waals surface area contributed by atoms with Crippen LogP contribution in [0.4, 0.5) is 0 Å². The van der Waals surface area contributed by atoms with E-state index in [2.05, 4.69) is 30.9 Å². The van der Waals surface area contributed by atoms with Crippen molar-refractivity contribution < 1.29 is 10.2 Å². The highest BCUT2D eigenvalue weighted by Gasteiger charge is 2.08. The van der Waals surface area contributed by atoms with Crippen molar-refractivity contribution in [1.82, 2.24) is 0 Å². The molecule has 0 spiro atoms. The molecule has 0 aromatic heterocycles. The first-order chi connectivity index (χ1) is 8.74. The predicted molar refractivity (Wildman–Crippen MR) is 76.8 cm³/mol. The van der Waals surface area contributed by atoms with Gasteiger partial charge in [-0.25, -0.2) is 0 Å². The minimum atomic E-state index is -0.437. The molecule has 0 atom stereocenters. The van der Waals surface area contributed by atoms with Gasteiger partial charge < -0.3 is 10.2 Å². The van der Waals surface area contributed by atoms with Crippen LogP contribution in [0.2, 0.25) is 0 Å². The normalized spacial score (nSPS) is 10.9. The number of benzene rings is 2. The third kappa shape index (κ3) is 2.97. The largest absolute Gasteiger partial charge is 0.392 e. The van der Waals surface area contributed by atoms with Gasteiger partial charge in [-0.15, -0.1) is 0 Å². The Morgan fingerprint density at radius 1 is 0.833 bits per heavy atom. The van der Waals surface area contributed by atoms with Gasteiger partial charge in [-0.3, -0.25) is 0 Å².